The van der Waals surface area contributed by atoms with Gasteiger partial charge in [-0.05, 0) is 19.1 Å². The van der Waals surface area contributed by atoms with E-state index >= 15 is 0 Å². The second kappa shape index (κ2) is 5.53. The van der Waals surface area contributed by atoms with Gasteiger partial charge in [0.25, 0.3) is 0 Å². The Hall–Kier alpha value is -2.41. The van der Waals surface area contributed by atoms with Gasteiger partial charge in [0.15, 0.2) is 0 Å². The average Bonchev–Trinajstić information content (AvgIpc) is 3.14. The molecule has 0 aliphatic rings. The summed E-state index contributed by atoms with van der Waals surface area (Å²) in [6, 6.07) is 9.28. The molecule has 7 heteroatoms. The maximum Gasteiger partial charge on any atom is 0.324 e. The third kappa shape index (κ3) is 2.73. The Kier molecular flexibility index (Phi) is 3.57. The van der Waals surface area contributed by atoms with Crippen LogP contribution in [0.25, 0.3) is 11.0 Å². The zero-order valence-corrected chi connectivity index (χ0v) is 12.4. The Morgan fingerprint density at radius 1 is 1.43 bits per heavy atom. The van der Waals surface area contributed by atoms with Crippen LogP contribution in [0.2, 0.25) is 0 Å². The van der Waals surface area contributed by atoms with E-state index < -0.39 is 0 Å². The number of amides is 2. The van der Waals surface area contributed by atoms with Crippen molar-refractivity contribution in [3.63, 3.8) is 0 Å². The van der Waals surface area contributed by atoms with Gasteiger partial charge < -0.3 is 9.32 Å². The standard InChI is InChI=1S/C14H14N4O2S/c1-9(12-7-10-5-3-4-6-11(10)20-12)18(2)14(19)16-13-17-15-8-21-13/h3-9H,1-2H3,(H,16,17,19)/t9-/m1/s1. The second-order valence-corrected chi connectivity index (χ2v) is 5.48. The van der Waals surface area contributed by atoms with Gasteiger partial charge in [0.05, 0.1) is 6.04 Å². The van der Waals surface area contributed by atoms with Crippen LogP contribution in [-0.4, -0.2) is 28.2 Å². The monoisotopic (exact) mass is 302 g/mol. The molecule has 3 rings (SSSR count). The molecule has 6 nitrogen and oxygen atoms in total. The van der Waals surface area contributed by atoms with E-state index in [0.29, 0.717) is 5.13 Å². The van der Waals surface area contributed by atoms with Gasteiger partial charge in [0.1, 0.15) is 16.9 Å². The van der Waals surface area contributed by atoms with Crippen LogP contribution in [0.3, 0.4) is 0 Å². The molecule has 1 aromatic carbocycles. The highest BCUT2D eigenvalue weighted by Crippen LogP contribution is 2.27. The van der Waals surface area contributed by atoms with E-state index in [1.165, 1.54) is 11.3 Å². The average molecular weight is 302 g/mol. The summed E-state index contributed by atoms with van der Waals surface area (Å²) in [4.78, 5) is 13.7. The number of benzene rings is 1. The fraction of sp³-hybridized carbons (Fsp3) is 0.214. The number of hydrogen-bond donors (Lipinski definition) is 1. The lowest BCUT2D eigenvalue weighted by Crippen LogP contribution is -2.33. The van der Waals surface area contributed by atoms with E-state index in [1.807, 2.05) is 37.3 Å². The molecule has 1 atom stereocenters. The fourth-order valence-electron chi connectivity index (χ4n) is 1.98. The molecule has 1 N–H and O–H groups in total. The number of aromatic nitrogens is 2. The van der Waals surface area contributed by atoms with Gasteiger partial charge in [-0.1, -0.05) is 29.5 Å². The first-order valence-electron chi connectivity index (χ1n) is 6.43. The molecule has 0 spiro atoms. The number of hydrogen-bond acceptors (Lipinski definition) is 5. The molecule has 2 amide bonds. The lowest BCUT2D eigenvalue weighted by Gasteiger charge is -2.22. The van der Waals surface area contributed by atoms with Crippen LogP contribution in [0.15, 0.2) is 40.3 Å². The predicted octanol–water partition coefficient (Wildman–Crippen LogP) is 3.51. The van der Waals surface area contributed by atoms with Crippen molar-refractivity contribution >= 4 is 33.5 Å². The number of nitrogens with zero attached hydrogens (tertiary/aromatic N) is 3. The van der Waals surface area contributed by atoms with E-state index in [4.69, 9.17) is 4.42 Å². The van der Waals surface area contributed by atoms with Gasteiger partial charge >= 0.3 is 6.03 Å². The summed E-state index contributed by atoms with van der Waals surface area (Å²) < 4.78 is 5.79. The fourth-order valence-corrected chi connectivity index (χ4v) is 2.42. The number of carbonyl (C=O) groups is 1. The van der Waals surface area contributed by atoms with Crippen LogP contribution in [0.1, 0.15) is 18.7 Å². The highest BCUT2D eigenvalue weighted by atomic mass is 32.1. The first-order valence-corrected chi connectivity index (χ1v) is 7.31. The topological polar surface area (TPSA) is 71.3 Å². The van der Waals surface area contributed by atoms with Crippen molar-refractivity contribution in [1.29, 1.82) is 0 Å². The zero-order chi connectivity index (χ0) is 14.8. The molecular formula is C14H14N4O2S. The minimum atomic E-state index is -0.250. The van der Waals surface area contributed by atoms with Crippen LogP contribution < -0.4 is 5.32 Å². The van der Waals surface area contributed by atoms with Crippen LogP contribution >= 0.6 is 11.3 Å². The first-order chi connectivity index (χ1) is 10.1. The molecule has 108 valence electrons. The molecule has 0 aliphatic heterocycles. The number of rotatable bonds is 3. The zero-order valence-electron chi connectivity index (χ0n) is 11.6. The molecule has 0 saturated heterocycles. The number of urea groups is 1. The third-order valence-corrected chi connectivity index (χ3v) is 3.94. The summed E-state index contributed by atoms with van der Waals surface area (Å²) in [6.45, 7) is 1.91. The van der Waals surface area contributed by atoms with Gasteiger partial charge in [-0.3, -0.25) is 5.32 Å². The van der Waals surface area contributed by atoms with Crippen molar-refractivity contribution in [2.75, 3.05) is 12.4 Å². The van der Waals surface area contributed by atoms with Gasteiger partial charge in [0, 0.05) is 12.4 Å². The quantitative estimate of drug-likeness (QED) is 0.803. The minimum absolute atomic E-state index is 0.190. The van der Waals surface area contributed by atoms with Gasteiger partial charge in [-0.2, -0.15) is 0 Å². The number of para-hydroxylation sites is 1. The first kappa shape index (κ1) is 13.6. The third-order valence-electron chi connectivity index (χ3n) is 3.33. The SMILES string of the molecule is C[C@H](c1cc2ccccc2o1)N(C)C(=O)Nc1nncs1. The Morgan fingerprint density at radius 2 is 2.24 bits per heavy atom. The lowest BCUT2D eigenvalue weighted by molar-refractivity contribution is 0.201. The van der Waals surface area contributed by atoms with Crippen LogP contribution in [0.5, 0.6) is 0 Å². The molecule has 0 bridgehead atoms. The van der Waals surface area contributed by atoms with E-state index in [9.17, 15) is 4.79 Å². The number of anilines is 1. The smallest absolute Gasteiger partial charge is 0.324 e. The summed E-state index contributed by atoms with van der Waals surface area (Å²) in [7, 11) is 1.72. The molecule has 0 saturated carbocycles. The van der Waals surface area contributed by atoms with E-state index in [-0.39, 0.29) is 12.1 Å². The van der Waals surface area contributed by atoms with Crippen molar-refractivity contribution in [2.24, 2.45) is 0 Å². The molecule has 2 heterocycles. The molecule has 0 aliphatic carbocycles. The molecule has 0 fully saturated rings. The summed E-state index contributed by atoms with van der Waals surface area (Å²) in [5.41, 5.74) is 2.38. The Morgan fingerprint density at radius 3 is 2.95 bits per heavy atom. The normalized spacial score (nSPS) is 12.3. The molecule has 0 unspecified atom stereocenters. The highest BCUT2D eigenvalue weighted by molar-refractivity contribution is 7.13. The van der Waals surface area contributed by atoms with Gasteiger partial charge in [0.2, 0.25) is 5.13 Å². The molecule has 21 heavy (non-hydrogen) atoms. The predicted molar refractivity (Wildman–Crippen MR) is 81.3 cm³/mol. The molecule has 2 aromatic heterocycles. The Bertz CT molecular complexity index is 720. The maximum atomic E-state index is 12.2. The number of fused-ring (bicyclic) bond motifs is 1. The van der Waals surface area contributed by atoms with Crippen molar-refractivity contribution in [3.8, 4) is 0 Å². The molecule has 0 radical (unpaired) electrons. The van der Waals surface area contributed by atoms with E-state index in [1.54, 1.807) is 17.5 Å². The summed E-state index contributed by atoms with van der Waals surface area (Å²) >= 11 is 1.28. The molecular weight excluding hydrogens is 288 g/mol. The van der Waals surface area contributed by atoms with E-state index in [0.717, 1.165) is 16.7 Å². The Balaban J connectivity index is 1.77. The van der Waals surface area contributed by atoms with Gasteiger partial charge in [-0.15, -0.1) is 10.2 Å². The van der Waals surface area contributed by atoms with Crippen molar-refractivity contribution in [3.05, 3.63) is 41.6 Å². The van der Waals surface area contributed by atoms with E-state index in [2.05, 4.69) is 15.5 Å². The van der Waals surface area contributed by atoms with Crippen molar-refractivity contribution in [2.45, 2.75) is 13.0 Å². The molecule has 3 aromatic rings. The van der Waals surface area contributed by atoms with Gasteiger partial charge in [-0.25, -0.2) is 4.79 Å². The lowest BCUT2D eigenvalue weighted by atomic mass is 10.2. The Labute approximate surface area is 125 Å². The van der Waals surface area contributed by atoms with Crippen LogP contribution in [-0.2, 0) is 0 Å². The minimum Gasteiger partial charge on any atom is -0.459 e. The number of carbonyl (C=O) groups excluding carboxylic acids is 1. The maximum absolute atomic E-state index is 12.2. The largest absolute Gasteiger partial charge is 0.459 e. The summed E-state index contributed by atoms with van der Waals surface area (Å²) in [6.07, 6.45) is 0. The number of nitrogens with one attached hydrogen (secondary N) is 1. The summed E-state index contributed by atoms with van der Waals surface area (Å²) in [5.74, 6) is 0.742. The van der Waals surface area contributed by atoms with Crippen molar-refractivity contribution < 1.29 is 9.21 Å². The summed E-state index contributed by atoms with van der Waals surface area (Å²) in [5, 5.41) is 11.7. The van der Waals surface area contributed by atoms with Crippen LogP contribution in [0.4, 0.5) is 9.93 Å². The van der Waals surface area contributed by atoms with Crippen LogP contribution in [0, 0.1) is 0 Å². The van der Waals surface area contributed by atoms with Crippen molar-refractivity contribution in [1.82, 2.24) is 15.1 Å². The second-order valence-electron chi connectivity index (χ2n) is 4.65. The highest BCUT2D eigenvalue weighted by Gasteiger charge is 2.21. The number of furan rings is 1.